The summed E-state index contributed by atoms with van der Waals surface area (Å²) < 4.78 is 0. The lowest BCUT2D eigenvalue weighted by atomic mass is 9.93. The lowest BCUT2D eigenvalue weighted by molar-refractivity contribution is 0.945. The van der Waals surface area contributed by atoms with E-state index >= 15 is 0 Å². The maximum absolute atomic E-state index is 3.24. The Kier molecular flexibility index (Phi) is 4.41. The van der Waals surface area contributed by atoms with E-state index in [9.17, 15) is 0 Å². The van der Waals surface area contributed by atoms with Gasteiger partial charge in [0.25, 0.3) is 0 Å². The molecule has 0 heterocycles. The lowest BCUT2D eigenvalue weighted by Gasteiger charge is -2.17. The van der Waals surface area contributed by atoms with Gasteiger partial charge in [-0.1, -0.05) is 43.7 Å². The molecule has 1 aliphatic carbocycles. The van der Waals surface area contributed by atoms with Crippen LogP contribution < -0.4 is 5.32 Å². The molecule has 1 aromatic carbocycles. The van der Waals surface area contributed by atoms with Gasteiger partial charge >= 0.3 is 0 Å². The average molecular weight is 203 g/mol. The van der Waals surface area contributed by atoms with E-state index in [1.165, 1.54) is 28.8 Å². The van der Waals surface area contributed by atoms with Gasteiger partial charge in [0.1, 0.15) is 0 Å². The Balaban J connectivity index is 0.000000531. The Morgan fingerprint density at radius 2 is 1.93 bits per heavy atom. The molecule has 1 N–H and O–H groups in total. The van der Waals surface area contributed by atoms with Crippen LogP contribution in [0.1, 0.15) is 37.0 Å². The highest BCUT2D eigenvalue weighted by atomic mass is 14.8. The molecule has 0 unspecified atom stereocenters. The number of hydrogen-bond acceptors (Lipinski definition) is 1. The van der Waals surface area contributed by atoms with Crippen molar-refractivity contribution in [1.82, 2.24) is 5.32 Å². The van der Waals surface area contributed by atoms with Crippen molar-refractivity contribution in [1.29, 1.82) is 0 Å². The second-order valence-electron chi connectivity index (χ2n) is 3.57. The van der Waals surface area contributed by atoms with Gasteiger partial charge in [0.15, 0.2) is 0 Å². The van der Waals surface area contributed by atoms with E-state index in [4.69, 9.17) is 0 Å². The van der Waals surface area contributed by atoms with Gasteiger partial charge in [-0.15, -0.1) is 0 Å². The first-order chi connectivity index (χ1) is 7.31. The molecule has 1 nitrogen and oxygen atoms in total. The molecule has 0 aliphatic heterocycles. The van der Waals surface area contributed by atoms with Crippen molar-refractivity contribution in [3.63, 3.8) is 0 Å². The molecule has 0 fully saturated rings. The summed E-state index contributed by atoms with van der Waals surface area (Å²) in [6, 6.07) is 6.68. The molecule has 0 saturated heterocycles. The SMILES string of the molecule is CC.CNC1=CCCc2cc(C)ccc21. The van der Waals surface area contributed by atoms with Crippen LogP contribution in [0.3, 0.4) is 0 Å². The summed E-state index contributed by atoms with van der Waals surface area (Å²) in [5.41, 5.74) is 5.49. The average Bonchev–Trinajstić information content (AvgIpc) is 2.30. The minimum Gasteiger partial charge on any atom is -0.388 e. The quantitative estimate of drug-likeness (QED) is 0.736. The molecule has 0 bridgehead atoms. The van der Waals surface area contributed by atoms with Crippen LogP contribution in [0.25, 0.3) is 5.70 Å². The van der Waals surface area contributed by atoms with Crippen molar-refractivity contribution in [2.75, 3.05) is 7.05 Å². The number of benzene rings is 1. The van der Waals surface area contributed by atoms with Crippen molar-refractivity contribution >= 4 is 5.70 Å². The lowest BCUT2D eigenvalue weighted by Crippen LogP contribution is -2.10. The topological polar surface area (TPSA) is 12.0 Å². The second kappa shape index (κ2) is 5.59. The molecular formula is C14H21N. The third kappa shape index (κ3) is 2.62. The van der Waals surface area contributed by atoms with Gasteiger partial charge in [-0.3, -0.25) is 0 Å². The molecule has 0 amide bonds. The van der Waals surface area contributed by atoms with E-state index in [0.29, 0.717) is 0 Å². The van der Waals surface area contributed by atoms with E-state index in [0.717, 1.165) is 6.42 Å². The minimum atomic E-state index is 1.16. The Morgan fingerprint density at radius 1 is 1.20 bits per heavy atom. The maximum atomic E-state index is 3.24. The Labute approximate surface area is 93.2 Å². The third-order valence-electron chi connectivity index (χ3n) is 2.58. The van der Waals surface area contributed by atoms with Crippen molar-refractivity contribution in [2.45, 2.75) is 33.6 Å². The highest BCUT2D eigenvalue weighted by Gasteiger charge is 2.10. The summed E-state index contributed by atoms with van der Waals surface area (Å²) >= 11 is 0. The Hall–Kier alpha value is -1.24. The van der Waals surface area contributed by atoms with Gasteiger partial charge in [-0.25, -0.2) is 0 Å². The molecule has 0 spiro atoms. The predicted molar refractivity (Wildman–Crippen MR) is 67.9 cm³/mol. The van der Waals surface area contributed by atoms with Crippen molar-refractivity contribution in [3.8, 4) is 0 Å². The monoisotopic (exact) mass is 203 g/mol. The van der Waals surface area contributed by atoms with Gasteiger partial charge in [-0.05, 0) is 25.3 Å². The highest BCUT2D eigenvalue weighted by Crippen LogP contribution is 2.24. The summed E-state index contributed by atoms with van der Waals surface area (Å²) in [7, 11) is 1.99. The van der Waals surface area contributed by atoms with Gasteiger partial charge in [-0.2, -0.15) is 0 Å². The number of nitrogens with one attached hydrogen (secondary N) is 1. The highest BCUT2D eigenvalue weighted by molar-refractivity contribution is 5.68. The molecule has 0 radical (unpaired) electrons. The van der Waals surface area contributed by atoms with Crippen molar-refractivity contribution in [2.24, 2.45) is 0 Å². The van der Waals surface area contributed by atoms with Crippen molar-refractivity contribution < 1.29 is 0 Å². The zero-order valence-electron chi connectivity index (χ0n) is 10.2. The Morgan fingerprint density at radius 3 is 2.60 bits per heavy atom. The first-order valence-electron chi connectivity index (χ1n) is 5.79. The molecular weight excluding hydrogens is 182 g/mol. The van der Waals surface area contributed by atoms with E-state index in [1.54, 1.807) is 0 Å². The van der Waals surface area contributed by atoms with Gasteiger partial charge in [0.2, 0.25) is 0 Å². The number of hydrogen-bond donors (Lipinski definition) is 1. The molecule has 0 saturated carbocycles. The summed E-state index contributed by atoms with van der Waals surface area (Å²) in [5, 5.41) is 3.24. The molecule has 2 rings (SSSR count). The normalized spacial score (nSPS) is 13.2. The number of fused-ring (bicyclic) bond motifs is 1. The van der Waals surface area contributed by atoms with Crippen LogP contribution in [0.5, 0.6) is 0 Å². The van der Waals surface area contributed by atoms with Crippen LogP contribution in [-0.2, 0) is 6.42 Å². The van der Waals surface area contributed by atoms with E-state index in [2.05, 4.69) is 36.5 Å². The molecule has 0 atom stereocenters. The Bertz CT molecular complexity index is 350. The molecule has 0 aromatic heterocycles. The zero-order valence-corrected chi connectivity index (χ0v) is 10.2. The van der Waals surface area contributed by atoms with E-state index in [1.807, 2.05) is 20.9 Å². The maximum Gasteiger partial charge on any atom is 0.0373 e. The molecule has 15 heavy (non-hydrogen) atoms. The predicted octanol–water partition coefficient (Wildman–Crippen LogP) is 3.53. The van der Waals surface area contributed by atoms with Crippen LogP contribution in [-0.4, -0.2) is 7.05 Å². The minimum absolute atomic E-state index is 1.16. The number of aryl methyl sites for hydroxylation is 2. The summed E-state index contributed by atoms with van der Waals surface area (Å²) in [5.74, 6) is 0. The number of allylic oxidation sites excluding steroid dienone is 1. The summed E-state index contributed by atoms with van der Waals surface area (Å²) in [6.45, 7) is 6.15. The van der Waals surface area contributed by atoms with E-state index in [-0.39, 0.29) is 0 Å². The van der Waals surface area contributed by atoms with Gasteiger partial charge in [0, 0.05) is 18.3 Å². The molecule has 1 aromatic rings. The van der Waals surface area contributed by atoms with Crippen LogP contribution >= 0.6 is 0 Å². The molecule has 82 valence electrons. The zero-order chi connectivity index (χ0) is 11.3. The fraction of sp³-hybridized carbons (Fsp3) is 0.429. The smallest absolute Gasteiger partial charge is 0.0373 e. The second-order valence-corrected chi connectivity index (χ2v) is 3.57. The van der Waals surface area contributed by atoms with Crippen molar-refractivity contribution in [3.05, 3.63) is 41.0 Å². The third-order valence-corrected chi connectivity index (χ3v) is 2.58. The van der Waals surface area contributed by atoms with Crippen LogP contribution in [0.4, 0.5) is 0 Å². The largest absolute Gasteiger partial charge is 0.388 e. The van der Waals surface area contributed by atoms with E-state index < -0.39 is 0 Å². The fourth-order valence-electron chi connectivity index (χ4n) is 1.91. The van der Waals surface area contributed by atoms with Crippen LogP contribution in [0, 0.1) is 6.92 Å². The summed E-state index contributed by atoms with van der Waals surface area (Å²) in [4.78, 5) is 0. The first-order valence-corrected chi connectivity index (χ1v) is 5.79. The van der Waals surface area contributed by atoms with Crippen LogP contribution in [0.15, 0.2) is 24.3 Å². The van der Waals surface area contributed by atoms with Crippen LogP contribution in [0.2, 0.25) is 0 Å². The standard InChI is InChI=1S/C12H15N.C2H6/c1-9-6-7-11-10(8-9)4-3-5-12(11)13-2;1-2/h5-8,13H,3-4H2,1-2H3;1-2H3. The number of rotatable bonds is 1. The first kappa shape index (κ1) is 11.8. The molecule has 1 heteroatoms. The summed E-state index contributed by atoms with van der Waals surface area (Å²) in [6.07, 6.45) is 4.62. The fourth-order valence-corrected chi connectivity index (χ4v) is 1.91. The van der Waals surface area contributed by atoms with Gasteiger partial charge in [0.05, 0.1) is 0 Å². The molecule has 1 aliphatic rings. The van der Waals surface area contributed by atoms with Gasteiger partial charge < -0.3 is 5.32 Å².